The molecule has 0 saturated heterocycles. The van der Waals surface area contributed by atoms with Gasteiger partial charge in [0.05, 0.1) is 0 Å². The fourth-order valence-electron chi connectivity index (χ4n) is 0.883. The van der Waals surface area contributed by atoms with Gasteiger partial charge >= 0.3 is 0 Å². The fourth-order valence-corrected chi connectivity index (χ4v) is 1.11. The summed E-state index contributed by atoms with van der Waals surface area (Å²) in [5, 5.41) is 10.8. The number of nitrogens with one attached hydrogen (secondary N) is 2. The van der Waals surface area contributed by atoms with Gasteiger partial charge in [0.1, 0.15) is 0 Å². The van der Waals surface area contributed by atoms with Crippen LogP contribution in [0.2, 0.25) is 0 Å². The highest BCUT2D eigenvalue weighted by Gasteiger charge is 2.00. The van der Waals surface area contributed by atoms with E-state index in [4.69, 9.17) is 17.6 Å². The van der Waals surface area contributed by atoms with Crippen molar-refractivity contribution in [2.45, 2.75) is 6.92 Å². The predicted molar refractivity (Wildman–Crippen MR) is 49.9 cm³/mol. The second kappa shape index (κ2) is 3.44. The summed E-state index contributed by atoms with van der Waals surface area (Å²) in [7, 11) is 1.72. The van der Waals surface area contributed by atoms with Gasteiger partial charge in [0, 0.05) is 18.9 Å². The Morgan fingerprint density at radius 1 is 1.75 bits per heavy atom. The maximum Gasteiger partial charge on any atom is 0.228 e. The molecule has 2 N–H and O–H groups in total. The maximum atomic E-state index is 7.47. The van der Waals surface area contributed by atoms with Crippen LogP contribution in [0.15, 0.2) is 12.3 Å². The Morgan fingerprint density at radius 2 is 2.42 bits per heavy atom. The number of hydrogen-bond donors (Lipinski definition) is 2. The minimum Gasteiger partial charge on any atom is -0.365 e. The topological polar surface area (TPSA) is 53.7 Å². The zero-order valence-electron chi connectivity index (χ0n) is 6.96. The van der Waals surface area contributed by atoms with Crippen LogP contribution in [0.25, 0.3) is 0 Å². The maximum absolute atomic E-state index is 7.47. The van der Waals surface area contributed by atoms with E-state index in [1.807, 2.05) is 13.0 Å². The third-order valence-electron chi connectivity index (χ3n) is 1.49. The zero-order chi connectivity index (χ0) is 9.14. The second-order valence-corrected chi connectivity index (χ2v) is 2.69. The van der Waals surface area contributed by atoms with Crippen LogP contribution in [0.1, 0.15) is 5.69 Å². The van der Waals surface area contributed by atoms with Crippen LogP contribution in [0, 0.1) is 12.3 Å². The number of nitrogens with zero attached hydrogens (tertiary/aromatic N) is 2. The fraction of sp³-hybridized carbons (Fsp3) is 0.286. The Kier molecular flexibility index (Phi) is 2.54. The molecule has 0 fully saturated rings. The van der Waals surface area contributed by atoms with E-state index >= 15 is 0 Å². The molecular formula is C7H10N4S. The van der Waals surface area contributed by atoms with Crippen molar-refractivity contribution in [2.24, 2.45) is 0 Å². The molecule has 0 spiro atoms. The molecule has 1 heterocycles. The number of thiocarbonyl (C=S) groups is 1. The third kappa shape index (κ3) is 1.50. The lowest BCUT2D eigenvalue weighted by atomic mass is 10.4. The monoisotopic (exact) mass is 182 g/mol. The molecule has 1 aromatic rings. The smallest absolute Gasteiger partial charge is 0.228 e. The van der Waals surface area contributed by atoms with E-state index in [0.717, 1.165) is 5.69 Å². The highest BCUT2D eigenvalue weighted by atomic mass is 32.1. The highest BCUT2D eigenvalue weighted by Crippen LogP contribution is 1.90. The van der Waals surface area contributed by atoms with Crippen molar-refractivity contribution in [2.75, 3.05) is 7.05 Å². The van der Waals surface area contributed by atoms with Crippen molar-refractivity contribution in [3.05, 3.63) is 23.6 Å². The van der Waals surface area contributed by atoms with Gasteiger partial charge < -0.3 is 5.32 Å². The standard InChI is InChI=1S/C7H10N4S/c1-5-3-4-10-6(8)11(5)7(12)9-2/h3-4,8H,1-2H3,(H,9,12). The van der Waals surface area contributed by atoms with Crippen LogP contribution in [-0.2, 0) is 0 Å². The first-order valence-electron chi connectivity index (χ1n) is 3.48. The van der Waals surface area contributed by atoms with Crippen LogP contribution in [0.3, 0.4) is 0 Å². The van der Waals surface area contributed by atoms with Crippen LogP contribution in [0.4, 0.5) is 0 Å². The van der Waals surface area contributed by atoms with E-state index in [1.165, 1.54) is 0 Å². The third-order valence-corrected chi connectivity index (χ3v) is 1.88. The Balaban J connectivity index is 3.31. The predicted octanol–water partition coefficient (Wildman–Crippen LogP) is 0.0234. The van der Waals surface area contributed by atoms with Crippen molar-refractivity contribution in [1.29, 1.82) is 5.41 Å². The van der Waals surface area contributed by atoms with Gasteiger partial charge in [0.25, 0.3) is 0 Å². The molecule has 0 aromatic carbocycles. The summed E-state index contributed by atoms with van der Waals surface area (Å²) in [6.07, 6.45) is 1.59. The van der Waals surface area contributed by atoms with Gasteiger partial charge in [-0.05, 0) is 25.2 Å². The summed E-state index contributed by atoms with van der Waals surface area (Å²) in [5.41, 5.74) is 1.05. The average Bonchev–Trinajstić information content (AvgIpc) is 2.03. The van der Waals surface area contributed by atoms with E-state index in [9.17, 15) is 0 Å². The summed E-state index contributed by atoms with van der Waals surface area (Å²) in [5.74, 6) is 0. The molecule has 4 nitrogen and oxygen atoms in total. The largest absolute Gasteiger partial charge is 0.365 e. The van der Waals surface area contributed by atoms with Crippen molar-refractivity contribution in [1.82, 2.24) is 14.9 Å². The SMILES string of the molecule is CNC(=S)n1c(C)ccnc1=N. The molecule has 64 valence electrons. The molecule has 1 rings (SSSR count). The number of hydrogen-bond acceptors (Lipinski definition) is 3. The van der Waals surface area contributed by atoms with Crippen LogP contribution < -0.4 is 10.9 Å². The molecule has 12 heavy (non-hydrogen) atoms. The highest BCUT2D eigenvalue weighted by molar-refractivity contribution is 7.80. The summed E-state index contributed by atoms with van der Waals surface area (Å²) in [6, 6.07) is 1.81. The van der Waals surface area contributed by atoms with Crippen molar-refractivity contribution in [3.8, 4) is 0 Å². The molecule has 5 heteroatoms. The molecule has 0 aliphatic carbocycles. The van der Waals surface area contributed by atoms with Crippen LogP contribution in [-0.4, -0.2) is 21.7 Å². The molecular weight excluding hydrogens is 172 g/mol. The van der Waals surface area contributed by atoms with Gasteiger partial charge in [-0.15, -0.1) is 0 Å². The molecule has 0 saturated carbocycles. The molecule has 0 radical (unpaired) electrons. The summed E-state index contributed by atoms with van der Waals surface area (Å²) < 4.78 is 1.56. The Bertz CT molecular complexity index is 355. The minimum atomic E-state index is 0.148. The number of aryl methyl sites for hydroxylation is 1. The van der Waals surface area contributed by atoms with Gasteiger partial charge in [-0.2, -0.15) is 0 Å². The van der Waals surface area contributed by atoms with Gasteiger partial charge in [0.2, 0.25) is 5.62 Å². The zero-order valence-corrected chi connectivity index (χ0v) is 7.77. The lowest BCUT2D eigenvalue weighted by molar-refractivity contribution is 0.836. The molecule has 0 aliphatic heterocycles. The van der Waals surface area contributed by atoms with Gasteiger partial charge in [-0.25, -0.2) is 4.98 Å². The molecule has 0 bridgehead atoms. The molecule has 0 unspecified atom stereocenters. The molecule has 0 atom stereocenters. The normalized spacial score (nSPS) is 9.50. The first-order chi connectivity index (χ1) is 5.66. The van der Waals surface area contributed by atoms with Crippen molar-refractivity contribution in [3.63, 3.8) is 0 Å². The minimum absolute atomic E-state index is 0.148. The van der Waals surface area contributed by atoms with E-state index in [1.54, 1.807) is 17.8 Å². The van der Waals surface area contributed by atoms with E-state index < -0.39 is 0 Å². The Morgan fingerprint density at radius 3 is 2.92 bits per heavy atom. The summed E-state index contributed by atoms with van der Waals surface area (Å²) >= 11 is 4.99. The van der Waals surface area contributed by atoms with Crippen molar-refractivity contribution >= 4 is 17.3 Å². The van der Waals surface area contributed by atoms with E-state index in [0.29, 0.717) is 5.11 Å². The molecule has 1 aromatic heterocycles. The molecule has 0 amide bonds. The summed E-state index contributed by atoms with van der Waals surface area (Å²) in [4.78, 5) is 3.81. The Hall–Kier alpha value is -1.23. The number of rotatable bonds is 0. The number of aromatic nitrogens is 2. The second-order valence-electron chi connectivity index (χ2n) is 2.30. The lowest BCUT2D eigenvalue weighted by Gasteiger charge is -2.09. The van der Waals surface area contributed by atoms with E-state index in [2.05, 4.69) is 10.3 Å². The van der Waals surface area contributed by atoms with Crippen molar-refractivity contribution < 1.29 is 0 Å². The molecule has 0 aliphatic rings. The van der Waals surface area contributed by atoms with Gasteiger partial charge in [-0.3, -0.25) is 9.98 Å². The van der Waals surface area contributed by atoms with Gasteiger partial charge in [-0.1, -0.05) is 0 Å². The summed E-state index contributed by atoms with van der Waals surface area (Å²) in [6.45, 7) is 1.88. The first kappa shape index (κ1) is 8.86. The van der Waals surface area contributed by atoms with Crippen LogP contribution >= 0.6 is 12.2 Å². The van der Waals surface area contributed by atoms with Crippen LogP contribution in [0.5, 0.6) is 0 Å². The van der Waals surface area contributed by atoms with E-state index in [-0.39, 0.29) is 5.62 Å². The average molecular weight is 182 g/mol. The van der Waals surface area contributed by atoms with Gasteiger partial charge in [0.15, 0.2) is 5.11 Å². The quantitative estimate of drug-likeness (QED) is 0.556. The first-order valence-corrected chi connectivity index (χ1v) is 3.89. The lowest BCUT2D eigenvalue weighted by Crippen LogP contribution is -2.36. The Labute approximate surface area is 75.8 Å².